The Morgan fingerprint density at radius 3 is 1.69 bits per heavy atom. The first kappa shape index (κ1) is 46.0. The van der Waals surface area contributed by atoms with E-state index in [1.807, 2.05) is 0 Å². The first-order chi connectivity index (χ1) is 31.7. The van der Waals surface area contributed by atoms with Crippen LogP contribution in [0.3, 0.4) is 0 Å². The Bertz CT molecular complexity index is 3760. The average molecular weight is 823 g/mol. The molecule has 2 saturated carbocycles. The zero-order valence-corrected chi connectivity index (χ0v) is 35.8. The zero-order valence-electron chi connectivity index (χ0n) is 35.8. The number of hydrogen-bond donors (Lipinski definition) is 0. The summed E-state index contributed by atoms with van der Waals surface area (Å²) in [5.74, 6) is 24.8. The molecule has 1 saturated heterocycles. The molecule has 0 amide bonds. The van der Waals surface area contributed by atoms with E-state index in [2.05, 4.69) is 235 Å². The summed E-state index contributed by atoms with van der Waals surface area (Å²) in [4.78, 5) is 26.5. The third-order valence-corrected chi connectivity index (χ3v) is 11.5. The second-order valence-corrected chi connectivity index (χ2v) is 14.6. The van der Waals surface area contributed by atoms with Crippen molar-refractivity contribution < 1.29 is 14.3 Å². The molecule has 296 valence electrons. The van der Waals surface area contributed by atoms with Crippen molar-refractivity contribution in [2.24, 2.45) is 28.6 Å². The number of ether oxygens (including phenoxy) is 1. The number of esters is 1. The van der Waals surface area contributed by atoms with Gasteiger partial charge in [0.05, 0.1) is 5.57 Å². The molecule has 3 fully saturated rings. The van der Waals surface area contributed by atoms with Crippen molar-refractivity contribution in [2.45, 2.75) is 64.9 Å². The number of carbonyl (C=O) groups is 2. The summed E-state index contributed by atoms with van der Waals surface area (Å²) in [5, 5.41) is 0. The van der Waals surface area contributed by atoms with Gasteiger partial charge in [0.15, 0.2) is 11.4 Å². The van der Waals surface area contributed by atoms with Crippen LogP contribution < -0.4 is 0 Å². The quantitative estimate of drug-likeness (QED) is 0.139. The summed E-state index contributed by atoms with van der Waals surface area (Å²) in [7, 11) is 0. The second-order valence-electron chi connectivity index (χ2n) is 14.6. The normalized spacial score (nSPS) is 22.9. The van der Waals surface area contributed by atoms with Crippen molar-refractivity contribution in [2.75, 3.05) is 0 Å². The molecule has 4 aliphatic carbocycles. The Morgan fingerprint density at radius 2 is 1.17 bits per heavy atom. The van der Waals surface area contributed by atoms with Gasteiger partial charge in [-0.15, -0.1) is 6.42 Å². The van der Waals surface area contributed by atoms with Gasteiger partial charge < -0.3 is 4.74 Å². The van der Waals surface area contributed by atoms with E-state index in [1.165, 1.54) is 0 Å². The molecule has 1 heterocycles. The van der Waals surface area contributed by atoms with Gasteiger partial charge in [-0.1, -0.05) is 54.5 Å². The number of rotatable bonds is 0. The summed E-state index contributed by atoms with van der Waals surface area (Å²) in [5.41, 5.74) is 73.2. The minimum Gasteiger partial charge on any atom is -0.453 e. The molecule has 0 bridgehead atoms. The monoisotopic (exact) mass is 822 g/mol. The van der Waals surface area contributed by atoms with Crippen molar-refractivity contribution in [3.63, 3.8) is 0 Å². The topological polar surface area (TPSA) is 43.4 Å². The third kappa shape index (κ3) is 10.5. The van der Waals surface area contributed by atoms with E-state index in [-0.39, 0.29) is 30.0 Å². The van der Waals surface area contributed by atoms with Crippen LogP contribution in [0.1, 0.15) is 59.3 Å². The maximum atomic E-state index is 13.3. The fourth-order valence-electron chi connectivity index (χ4n) is 9.02. The molecular formula is C62H30O3. The lowest BCUT2D eigenvalue weighted by atomic mass is 9.45. The van der Waals surface area contributed by atoms with Crippen LogP contribution in [0.15, 0.2) is 202 Å². The van der Waals surface area contributed by atoms with Gasteiger partial charge in [-0.05, 0) is 230 Å². The van der Waals surface area contributed by atoms with Crippen LogP contribution in [0.5, 0.6) is 0 Å². The Labute approximate surface area is 379 Å². The van der Waals surface area contributed by atoms with Crippen molar-refractivity contribution in [1.82, 2.24) is 0 Å². The van der Waals surface area contributed by atoms with E-state index < -0.39 is 22.3 Å². The van der Waals surface area contributed by atoms with Gasteiger partial charge >= 0.3 is 5.97 Å². The molecule has 1 aliphatic heterocycles. The summed E-state index contributed by atoms with van der Waals surface area (Å²) in [6.07, 6.45) is 10.1. The average Bonchev–Trinajstić information content (AvgIpc) is 3.79. The van der Waals surface area contributed by atoms with E-state index >= 15 is 0 Å². The molecule has 3 nitrogen and oxygen atoms in total. The molecule has 5 aliphatic rings. The van der Waals surface area contributed by atoms with Gasteiger partial charge in [0, 0.05) is 53.2 Å². The maximum Gasteiger partial charge on any atom is 0.306 e. The van der Waals surface area contributed by atoms with Crippen molar-refractivity contribution in [3.05, 3.63) is 202 Å². The highest BCUT2D eigenvalue weighted by Gasteiger charge is 2.72. The molecule has 0 N–H and O–H groups in total. The summed E-state index contributed by atoms with van der Waals surface area (Å²) >= 11 is 0. The first-order valence-corrected chi connectivity index (χ1v) is 19.9. The number of fused-ring (bicyclic) bond motifs is 6. The Morgan fingerprint density at radius 1 is 0.631 bits per heavy atom. The van der Waals surface area contributed by atoms with Gasteiger partial charge in [-0.3, -0.25) is 9.59 Å². The standard InChI is InChI=1S/C62H30O3/c1-7-11-15-18-20-22-24-26-28-30-32-34-38-42-54-53(41-37-33-31-29-27-25-23-21-19-16-12-8-2)59-58-52(40-36-17-13-9-3)51(39-35-14-10-4)56-49-50(63)43-46-60(56,5)55(58)44-47-61(59,6)62(54)48-45-57(64)65-62/h3,49,55,58-59H,1-2,43-48H2,4-6H3. The maximum absolute atomic E-state index is 13.3. The Kier molecular flexibility index (Phi) is 16.0. The van der Waals surface area contributed by atoms with E-state index in [0.29, 0.717) is 48.0 Å². The third-order valence-electron chi connectivity index (χ3n) is 11.5. The zero-order chi connectivity index (χ0) is 46.4. The Balaban J connectivity index is 2.00. The molecule has 3 heteroatoms. The predicted molar refractivity (Wildman–Crippen MR) is 242 cm³/mol. The first-order valence-electron chi connectivity index (χ1n) is 19.9. The van der Waals surface area contributed by atoms with Crippen molar-refractivity contribution in [1.29, 1.82) is 0 Å². The van der Waals surface area contributed by atoms with Gasteiger partial charge in [-0.2, -0.15) is 0 Å². The van der Waals surface area contributed by atoms with Crippen LogP contribution >= 0.6 is 0 Å². The second kappa shape index (κ2) is 22.5. The van der Waals surface area contributed by atoms with Crippen LogP contribution in [0.25, 0.3) is 0 Å². The SMILES string of the molecule is C#CC#CC#CC1=C(C#CC#CC)C2=CC(=O)CCC2(C)C2CCC3(C)C(C(=C=C=C=C=C=C=C=C=C=C=C=C=C=C)C(=C=C=C=C=C=C=C=C=C=C=C=C=C=C=C)C34CCC(=O)O4)C12. The number of hydrogen-bond acceptors (Lipinski definition) is 3. The van der Waals surface area contributed by atoms with E-state index in [9.17, 15) is 9.59 Å². The number of terminal acetylenes is 1. The van der Waals surface area contributed by atoms with Gasteiger partial charge in [0.1, 0.15) is 0 Å². The van der Waals surface area contributed by atoms with Crippen LogP contribution in [-0.4, -0.2) is 17.4 Å². The minimum atomic E-state index is -1.16. The molecule has 0 aromatic rings. The lowest BCUT2D eigenvalue weighted by Gasteiger charge is -2.58. The molecule has 5 rings (SSSR count). The highest BCUT2D eigenvalue weighted by atomic mass is 16.6. The van der Waals surface area contributed by atoms with Crippen LogP contribution in [0.2, 0.25) is 0 Å². The van der Waals surface area contributed by atoms with Crippen molar-refractivity contribution in [3.8, 4) is 59.7 Å². The smallest absolute Gasteiger partial charge is 0.306 e. The molecular weight excluding hydrogens is 793 g/mol. The molecule has 1 spiro atoms. The fourth-order valence-corrected chi connectivity index (χ4v) is 9.02. The van der Waals surface area contributed by atoms with Crippen molar-refractivity contribution >= 4 is 11.8 Å². The number of carbonyl (C=O) groups excluding carboxylic acids is 2. The number of allylic oxidation sites excluding steroid dienone is 4. The molecule has 0 aromatic carbocycles. The highest BCUT2D eigenvalue weighted by Crippen LogP contribution is 2.72. The molecule has 0 aromatic heterocycles. The summed E-state index contributed by atoms with van der Waals surface area (Å²) < 4.78 is 6.49. The molecule has 6 atom stereocenters. The molecule has 0 radical (unpaired) electrons. The van der Waals surface area contributed by atoms with Crippen LogP contribution in [0, 0.1) is 88.3 Å². The molecule has 65 heavy (non-hydrogen) atoms. The predicted octanol–water partition coefficient (Wildman–Crippen LogP) is 9.30. The lowest BCUT2D eigenvalue weighted by Crippen LogP contribution is -2.55. The summed E-state index contributed by atoms with van der Waals surface area (Å²) in [6, 6.07) is 0. The number of ketones is 1. The molecule has 6 unspecified atom stereocenters. The van der Waals surface area contributed by atoms with Crippen LogP contribution in [-0.2, 0) is 14.3 Å². The largest absolute Gasteiger partial charge is 0.453 e. The van der Waals surface area contributed by atoms with E-state index in [0.717, 1.165) is 12.0 Å². The Hall–Kier alpha value is -10.0. The van der Waals surface area contributed by atoms with Gasteiger partial charge in [-0.25, -0.2) is 0 Å². The highest BCUT2D eigenvalue weighted by molar-refractivity contribution is 5.93. The van der Waals surface area contributed by atoms with E-state index in [4.69, 9.17) is 11.2 Å². The van der Waals surface area contributed by atoms with Crippen LogP contribution in [0.4, 0.5) is 0 Å². The van der Waals surface area contributed by atoms with Gasteiger partial charge in [0.25, 0.3) is 0 Å². The van der Waals surface area contributed by atoms with Gasteiger partial charge in [0.2, 0.25) is 0 Å². The van der Waals surface area contributed by atoms with E-state index in [1.54, 1.807) is 13.0 Å². The fraction of sp³-hybridized carbons (Fsp3) is 0.242. The summed E-state index contributed by atoms with van der Waals surface area (Å²) in [6.45, 7) is 12.8. The lowest BCUT2D eigenvalue weighted by molar-refractivity contribution is -0.160. The minimum absolute atomic E-state index is 0.0174.